The third-order valence-electron chi connectivity index (χ3n) is 3.01. The van der Waals surface area contributed by atoms with Crippen LogP contribution in [0, 0.1) is 11.8 Å². The van der Waals surface area contributed by atoms with Gasteiger partial charge in [0.1, 0.15) is 0 Å². The van der Waals surface area contributed by atoms with Crippen molar-refractivity contribution in [1.82, 2.24) is 0 Å². The number of fused-ring (bicyclic) bond motifs is 2. The zero-order valence-electron chi connectivity index (χ0n) is 9.60. The monoisotopic (exact) mass is 258 g/mol. The van der Waals surface area contributed by atoms with Crippen molar-refractivity contribution in [2.75, 3.05) is 6.16 Å². The summed E-state index contributed by atoms with van der Waals surface area (Å²) in [5.74, 6) is -1.57. The summed E-state index contributed by atoms with van der Waals surface area (Å²) in [6.07, 6.45) is 0.679. The number of hydrogen-bond donors (Lipinski definition) is 0. The fourth-order valence-corrected chi connectivity index (χ4v) is 5.56. The first kappa shape index (κ1) is 17.1. The Morgan fingerprint density at radius 2 is 1.88 bits per heavy atom. The van der Waals surface area contributed by atoms with Crippen molar-refractivity contribution >= 4 is 19.9 Å². The van der Waals surface area contributed by atoms with Gasteiger partial charge in [-0.25, -0.2) is 0 Å². The summed E-state index contributed by atoms with van der Waals surface area (Å²) >= 11 is 0. The number of allylic oxidation sites excluding steroid dienone is 1. The van der Waals surface area contributed by atoms with E-state index in [0.29, 0.717) is 6.16 Å². The van der Waals surface area contributed by atoms with Crippen molar-refractivity contribution in [1.29, 1.82) is 0 Å². The van der Waals surface area contributed by atoms with Gasteiger partial charge in [-0.05, 0) is 19.0 Å². The molecule has 2 aliphatic heterocycles. The van der Waals surface area contributed by atoms with Gasteiger partial charge in [0.15, 0.2) is 0 Å². The first-order chi connectivity index (χ1) is 6.52. The number of rotatable bonds is 2. The number of carboxylic acid groups (broad SMARTS) is 2. The van der Waals surface area contributed by atoms with Crippen LogP contribution in [-0.4, -0.2) is 23.8 Å². The number of carbonyl (C=O) groups excluding carboxylic acids is 2. The molecule has 0 aromatic rings. The Bertz CT molecular complexity index is 344. The van der Waals surface area contributed by atoms with Crippen LogP contribution in [0.2, 0.25) is 0 Å². The van der Waals surface area contributed by atoms with Crippen molar-refractivity contribution in [3.63, 3.8) is 0 Å². The van der Waals surface area contributed by atoms with E-state index in [2.05, 4.69) is 0 Å². The molecule has 16 heavy (non-hydrogen) atoms. The van der Waals surface area contributed by atoms with Gasteiger partial charge in [-0.2, -0.15) is 0 Å². The van der Waals surface area contributed by atoms with Crippen molar-refractivity contribution in [3.8, 4) is 0 Å². The van der Waals surface area contributed by atoms with Crippen molar-refractivity contribution < 1.29 is 78.9 Å². The smallest absolute Gasteiger partial charge is 0.550 e. The van der Waals surface area contributed by atoms with Gasteiger partial charge in [0.05, 0.1) is 0 Å². The Hall–Kier alpha value is 1.11. The molecule has 0 spiro atoms. The molecule has 1 fully saturated rings. The molecule has 4 unspecified atom stereocenters. The molecule has 2 aliphatic rings. The summed E-state index contributed by atoms with van der Waals surface area (Å²) in [5, 5.41) is 21.6. The zero-order valence-corrected chi connectivity index (χ0v) is 14.5. The minimum Gasteiger partial charge on any atom is -0.550 e. The molecule has 2 rings (SSSR count). The first-order valence-electron chi connectivity index (χ1n) is 4.38. The van der Waals surface area contributed by atoms with Crippen LogP contribution in [0.5, 0.6) is 0 Å². The molecule has 0 aliphatic carbocycles. The van der Waals surface area contributed by atoms with Gasteiger partial charge in [-0.15, -0.1) is 0 Å². The van der Waals surface area contributed by atoms with Crippen LogP contribution in [0.1, 0.15) is 6.92 Å². The van der Waals surface area contributed by atoms with Crippen LogP contribution in [0.4, 0.5) is 0 Å². The molecule has 2 heterocycles. The molecule has 0 amide bonds. The maximum absolute atomic E-state index is 10.8. The number of hydrogen-bond acceptors (Lipinski definition) is 4. The summed E-state index contributed by atoms with van der Waals surface area (Å²) in [4.78, 5) is 21.6. The maximum atomic E-state index is 10.8. The molecule has 76 valence electrons. The second-order valence-corrected chi connectivity index (χ2v) is 5.99. The summed E-state index contributed by atoms with van der Waals surface area (Å²) < 4.78 is 0. The fourth-order valence-electron chi connectivity index (χ4n) is 2.37. The molecule has 4 nitrogen and oxygen atoms in total. The Balaban J connectivity index is 0.00000112. The second-order valence-electron chi connectivity index (χ2n) is 3.79. The summed E-state index contributed by atoms with van der Waals surface area (Å²) in [5.41, 5.74) is 0.173. The molecule has 0 aromatic heterocycles. The average molecular weight is 258 g/mol. The molecular formula is C9H9Na2O4P. The van der Waals surface area contributed by atoms with Gasteiger partial charge >= 0.3 is 59.1 Å². The van der Waals surface area contributed by atoms with E-state index < -0.39 is 31.4 Å². The quantitative estimate of drug-likeness (QED) is 0.364. The van der Waals surface area contributed by atoms with Gasteiger partial charge in [-0.3, -0.25) is 0 Å². The van der Waals surface area contributed by atoms with Gasteiger partial charge in [0, 0.05) is 23.5 Å². The zero-order chi connectivity index (χ0) is 10.5. The van der Waals surface area contributed by atoms with Gasteiger partial charge in [0.25, 0.3) is 0 Å². The van der Waals surface area contributed by atoms with Crippen LogP contribution in [0.25, 0.3) is 0 Å². The Kier molecular flexibility index (Phi) is 6.77. The molecule has 4 atom stereocenters. The number of carbonyl (C=O) groups is 2. The first-order valence-corrected chi connectivity index (χ1v) is 6.04. The van der Waals surface area contributed by atoms with Crippen LogP contribution in [0.15, 0.2) is 11.4 Å². The van der Waals surface area contributed by atoms with Crippen molar-refractivity contribution in [2.24, 2.45) is 11.8 Å². The summed E-state index contributed by atoms with van der Waals surface area (Å²) in [6, 6.07) is 0. The van der Waals surface area contributed by atoms with Crippen LogP contribution in [-0.2, 0) is 9.59 Å². The Morgan fingerprint density at radius 3 is 2.31 bits per heavy atom. The van der Waals surface area contributed by atoms with Gasteiger partial charge in [0.2, 0.25) is 0 Å². The topological polar surface area (TPSA) is 80.3 Å². The molecule has 0 aromatic carbocycles. The van der Waals surface area contributed by atoms with Crippen molar-refractivity contribution in [3.05, 3.63) is 11.4 Å². The van der Waals surface area contributed by atoms with E-state index >= 15 is 0 Å². The number of aliphatic carboxylic acids is 2. The van der Waals surface area contributed by atoms with Gasteiger partial charge < -0.3 is 19.8 Å². The Labute approximate surface area is 139 Å². The van der Waals surface area contributed by atoms with Crippen LogP contribution < -0.4 is 69.3 Å². The van der Waals surface area contributed by atoms with E-state index in [9.17, 15) is 19.8 Å². The van der Waals surface area contributed by atoms with Crippen molar-refractivity contribution in [2.45, 2.75) is 12.6 Å². The SMILES string of the molecule is CC1=CP2CC1C(C(=O)[O-])C2C(=O)[O-].[Na+].[Na+]. The number of carboxylic acids is 2. The van der Waals surface area contributed by atoms with Crippen LogP contribution in [0.3, 0.4) is 0 Å². The molecule has 1 saturated heterocycles. The van der Waals surface area contributed by atoms with E-state index in [1.165, 1.54) is 0 Å². The summed E-state index contributed by atoms with van der Waals surface area (Å²) in [7, 11) is -0.828. The predicted octanol–water partition coefficient (Wildman–Crippen LogP) is -7.49. The van der Waals surface area contributed by atoms with Crippen LogP contribution >= 0.6 is 7.92 Å². The molecular weight excluding hydrogens is 249 g/mol. The standard InChI is InChI=1S/C9H11O4P.2Na/c1-4-2-14-3-5(4)6(8(10)11)7(14)9(12)13;;/h2,5-7H,3H2,1H3,(H,10,11)(H,12,13);;/q;2*+1/p-2. The van der Waals surface area contributed by atoms with E-state index in [1.54, 1.807) is 0 Å². The Morgan fingerprint density at radius 1 is 1.31 bits per heavy atom. The van der Waals surface area contributed by atoms with E-state index in [0.717, 1.165) is 5.57 Å². The van der Waals surface area contributed by atoms with E-state index in [1.807, 2.05) is 12.7 Å². The molecule has 7 heteroatoms. The third-order valence-corrected chi connectivity index (χ3v) is 5.81. The molecule has 0 radical (unpaired) electrons. The second kappa shape index (κ2) is 6.33. The molecule has 2 bridgehead atoms. The average Bonchev–Trinajstić information content (AvgIpc) is 2.58. The third kappa shape index (κ3) is 2.74. The molecule has 0 saturated carbocycles. The largest absolute Gasteiger partial charge is 1.00 e. The van der Waals surface area contributed by atoms with E-state index in [-0.39, 0.29) is 65.0 Å². The summed E-state index contributed by atoms with van der Waals surface area (Å²) in [6.45, 7) is 1.86. The minimum absolute atomic E-state index is 0. The minimum atomic E-state index is -1.25. The predicted molar refractivity (Wildman–Crippen MR) is 46.3 cm³/mol. The fraction of sp³-hybridized carbons (Fsp3) is 0.556. The normalized spacial score (nSPS) is 34.7. The maximum Gasteiger partial charge on any atom is 1.00 e. The van der Waals surface area contributed by atoms with E-state index in [4.69, 9.17) is 0 Å². The van der Waals surface area contributed by atoms with Gasteiger partial charge in [-0.1, -0.05) is 19.3 Å². The molecule has 0 N–H and O–H groups in total.